The first-order chi connectivity index (χ1) is 9.45. The van der Waals surface area contributed by atoms with Crippen molar-refractivity contribution in [2.45, 2.75) is 18.3 Å². The number of hydrogen-bond donors (Lipinski definition) is 1. The van der Waals surface area contributed by atoms with Crippen LogP contribution < -0.4 is 4.74 Å². The van der Waals surface area contributed by atoms with Crippen LogP contribution in [0.15, 0.2) is 22.7 Å². The third-order valence-electron chi connectivity index (χ3n) is 3.11. The molecule has 0 aliphatic carbocycles. The van der Waals surface area contributed by atoms with Crippen molar-refractivity contribution in [1.29, 1.82) is 0 Å². The van der Waals surface area contributed by atoms with Crippen LogP contribution in [0, 0.1) is 0 Å². The summed E-state index contributed by atoms with van der Waals surface area (Å²) in [6.07, 6.45) is 0. The first-order valence-electron chi connectivity index (χ1n) is 5.92. The monoisotopic (exact) mass is 359 g/mol. The van der Waals surface area contributed by atoms with E-state index in [9.17, 15) is 14.7 Å². The lowest BCUT2D eigenvalue weighted by Gasteiger charge is -2.27. The van der Waals surface area contributed by atoms with Gasteiger partial charge in [-0.3, -0.25) is 4.79 Å². The lowest BCUT2D eigenvalue weighted by atomic mass is 10.1. The van der Waals surface area contributed by atoms with E-state index in [2.05, 4.69) is 15.9 Å². The second-order valence-corrected chi connectivity index (χ2v) is 6.38. The minimum Gasteiger partial charge on any atom is -0.496 e. The number of hydrogen-bond acceptors (Lipinski definition) is 4. The molecule has 0 radical (unpaired) electrons. The van der Waals surface area contributed by atoms with Gasteiger partial charge in [-0.05, 0) is 18.2 Å². The van der Waals surface area contributed by atoms with E-state index < -0.39 is 12.0 Å². The van der Waals surface area contributed by atoms with Crippen LogP contribution in [0.3, 0.4) is 0 Å². The van der Waals surface area contributed by atoms with Gasteiger partial charge in [-0.2, -0.15) is 0 Å². The Morgan fingerprint density at radius 2 is 2.20 bits per heavy atom. The lowest BCUT2D eigenvalue weighted by molar-refractivity contribution is -0.148. The van der Waals surface area contributed by atoms with Crippen LogP contribution in [-0.4, -0.2) is 40.8 Å². The molecule has 1 fully saturated rings. The molecule has 0 bridgehead atoms. The molecule has 1 N–H and O–H groups in total. The molecule has 108 valence electrons. The second-order valence-electron chi connectivity index (χ2n) is 4.35. The van der Waals surface area contributed by atoms with Crippen molar-refractivity contribution in [3.05, 3.63) is 28.2 Å². The number of nitrogens with zero attached hydrogens (tertiary/aromatic N) is 1. The fraction of sp³-hybridized carbons (Fsp3) is 0.385. The van der Waals surface area contributed by atoms with Gasteiger partial charge in [0.25, 0.3) is 0 Å². The Kier molecular flexibility index (Phi) is 4.59. The van der Waals surface area contributed by atoms with E-state index in [-0.39, 0.29) is 11.3 Å². The highest BCUT2D eigenvalue weighted by Crippen LogP contribution is 2.45. The highest BCUT2D eigenvalue weighted by Gasteiger charge is 2.42. The number of methoxy groups -OCH3 is 1. The molecule has 1 aromatic rings. The van der Waals surface area contributed by atoms with Gasteiger partial charge < -0.3 is 14.7 Å². The molecule has 5 nitrogen and oxygen atoms in total. The number of thioether (sulfide) groups is 1. The lowest BCUT2D eigenvalue weighted by Crippen LogP contribution is -2.41. The molecule has 1 amide bonds. The van der Waals surface area contributed by atoms with Crippen molar-refractivity contribution in [3.8, 4) is 5.75 Å². The van der Waals surface area contributed by atoms with Gasteiger partial charge >= 0.3 is 5.97 Å². The van der Waals surface area contributed by atoms with Crippen molar-refractivity contribution in [1.82, 2.24) is 4.90 Å². The largest absolute Gasteiger partial charge is 0.496 e. The number of rotatable bonds is 3. The van der Waals surface area contributed by atoms with Crippen LogP contribution in [0.1, 0.15) is 17.9 Å². The van der Waals surface area contributed by atoms with Crippen molar-refractivity contribution >= 4 is 39.6 Å². The molecule has 1 saturated heterocycles. The summed E-state index contributed by atoms with van der Waals surface area (Å²) in [5, 5.41) is 8.88. The summed E-state index contributed by atoms with van der Waals surface area (Å²) < 4.78 is 6.17. The fourth-order valence-corrected chi connectivity index (χ4v) is 4.09. The molecule has 0 saturated carbocycles. The van der Waals surface area contributed by atoms with Crippen molar-refractivity contribution in [2.24, 2.45) is 0 Å². The standard InChI is InChI=1S/C13H14BrNO4S/c1-7(16)15-10(13(17)18)6-20-12(15)9-5-8(14)3-4-11(9)19-2/h3-5,10,12H,6H2,1-2H3,(H,17,18)/t10-,12+/m1/s1. The highest BCUT2D eigenvalue weighted by molar-refractivity contribution is 9.10. The minimum atomic E-state index is -0.982. The van der Waals surface area contributed by atoms with Gasteiger partial charge in [0.2, 0.25) is 5.91 Å². The van der Waals surface area contributed by atoms with Crippen LogP contribution in [-0.2, 0) is 9.59 Å². The number of benzene rings is 1. The van der Waals surface area contributed by atoms with E-state index >= 15 is 0 Å². The zero-order valence-electron chi connectivity index (χ0n) is 11.0. The summed E-state index contributed by atoms with van der Waals surface area (Å²) in [4.78, 5) is 24.5. The number of carboxylic acids is 1. The fourth-order valence-electron chi connectivity index (χ4n) is 2.22. The van der Waals surface area contributed by atoms with Gasteiger partial charge in [-0.15, -0.1) is 11.8 Å². The number of ether oxygens (including phenoxy) is 1. The molecule has 7 heteroatoms. The first-order valence-corrected chi connectivity index (χ1v) is 7.76. The minimum absolute atomic E-state index is 0.255. The van der Waals surface area contributed by atoms with Crippen LogP contribution in [0.4, 0.5) is 0 Å². The second kappa shape index (κ2) is 6.05. The average Bonchev–Trinajstić information content (AvgIpc) is 2.83. The molecular formula is C13H14BrNO4S. The third-order valence-corrected chi connectivity index (χ3v) is 4.91. The Bertz CT molecular complexity index is 551. The quantitative estimate of drug-likeness (QED) is 0.897. The predicted molar refractivity (Wildman–Crippen MR) is 79.8 cm³/mol. The number of carboxylic acid groups (broad SMARTS) is 1. The zero-order valence-corrected chi connectivity index (χ0v) is 13.4. The zero-order chi connectivity index (χ0) is 14.9. The number of amides is 1. The molecule has 1 aliphatic rings. The Morgan fingerprint density at radius 1 is 1.50 bits per heavy atom. The van der Waals surface area contributed by atoms with E-state index in [0.717, 1.165) is 10.0 Å². The SMILES string of the molecule is COc1ccc(Br)cc1[C@@H]1SC[C@H](C(=O)O)N1C(C)=O. The molecule has 1 aliphatic heterocycles. The maximum Gasteiger partial charge on any atom is 0.327 e. The van der Waals surface area contributed by atoms with Crippen LogP contribution >= 0.6 is 27.7 Å². The molecule has 2 atom stereocenters. The normalized spacial score (nSPS) is 21.9. The first kappa shape index (κ1) is 15.2. The van der Waals surface area contributed by atoms with E-state index in [1.807, 2.05) is 12.1 Å². The maximum absolute atomic E-state index is 11.8. The van der Waals surface area contributed by atoms with Gasteiger partial charge in [0.05, 0.1) is 7.11 Å². The van der Waals surface area contributed by atoms with Gasteiger partial charge in [-0.1, -0.05) is 15.9 Å². The van der Waals surface area contributed by atoms with E-state index in [4.69, 9.17) is 4.74 Å². The molecule has 0 aromatic heterocycles. The number of carbonyl (C=O) groups excluding carboxylic acids is 1. The summed E-state index contributed by atoms with van der Waals surface area (Å²) in [6, 6.07) is 4.70. The Hall–Kier alpha value is -1.21. The third kappa shape index (κ3) is 2.78. The van der Waals surface area contributed by atoms with E-state index in [1.54, 1.807) is 13.2 Å². The molecule has 0 unspecified atom stereocenters. The number of aliphatic carboxylic acids is 1. The van der Waals surface area contributed by atoms with Crippen molar-refractivity contribution < 1.29 is 19.4 Å². The summed E-state index contributed by atoms with van der Waals surface area (Å²) >= 11 is 4.82. The number of carbonyl (C=O) groups is 2. The van der Waals surface area contributed by atoms with Gasteiger partial charge in [0.15, 0.2) is 0 Å². The Balaban J connectivity index is 2.44. The summed E-state index contributed by atoms with van der Waals surface area (Å²) in [5.74, 6) is -0.225. The molecule has 1 heterocycles. The molecular weight excluding hydrogens is 346 g/mol. The van der Waals surface area contributed by atoms with Crippen molar-refractivity contribution in [2.75, 3.05) is 12.9 Å². The Labute approximate surface area is 129 Å². The maximum atomic E-state index is 11.8. The Morgan fingerprint density at radius 3 is 2.75 bits per heavy atom. The molecule has 20 heavy (non-hydrogen) atoms. The highest BCUT2D eigenvalue weighted by atomic mass is 79.9. The van der Waals surface area contributed by atoms with Crippen LogP contribution in [0.2, 0.25) is 0 Å². The van der Waals surface area contributed by atoms with Gasteiger partial charge in [0, 0.05) is 22.7 Å². The summed E-state index contributed by atoms with van der Waals surface area (Å²) in [6.45, 7) is 1.39. The molecule has 0 spiro atoms. The van der Waals surface area contributed by atoms with E-state index in [1.165, 1.54) is 23.6 Å². The molecule has 1 aromatic carbocycles. The smallest absolute Gasteiger partial charge is 0.327 e. The van der Waals surface area contributed by atoms with E-state index in [0.29, 0.717) is 11.5 Å². The summed E-state index contributed by atoms with van der Waals surface area (Å²) in [7, 11) is 1.55. The average molecular weight is 360 g/mol. The van der Waals surface area contributed by atoms with Crippen LogP contribution in [0.25, 0.3) is 0 Å². The van der Waals surface area contributed by atoms with Gasteiger partial charge in [-0.25, -0.2) is 4.79 Å². The number of halogens is 1. The predicted octanol–water partition coefficient (Wildman–Crippen LogP) is 2.50. The van der Waals surface area contributed by atoms with Crippen LogP contribution in [0.5, 0.6) is 5.75 Å². The topological polar surface area (TPSA) is 66.8 Å². The molecule has 2 rings (SSSR count). The van der Waals surface area contributed by atoms with Crippen molar-refractivity contribution in [3.63, 3.8) is 0 Å². The summed E-state index contributed by atoms with van der Waals surface area (Å²) in [5.41, 5.74) is 0.797. The van der Waals surface area contributed by atoms with Gasteiger partial charge in [0.1, 0.15) is 17.2 Å².